The van der Waals surface area contributed by atoms with Crippen LogP contribution in [0.25, 0.3) is 0 Å². The Labute approximate surface area is 158 Å². The first-order chi connectivity index (χ1) is 13.3. The number of carbonyl (C=O) groups excluding carboxylic acids is 1. The first-order valence-electron chi connectivity index (χ1n) is 9.81. The summed E-state index contributed by atoms with van der Waals surface area (Å²) in [6.45, 7) is 1.47. The van der Waals surface area contributed by atoms with E-state index in [0.29, 0.717) is 12.2 Å². The fourth-order valence-electron chi connectivity index (χ4n) is 4.45. The van der Waals surface area contributed by atoms with E-state index in [9.17, 15) is 4.79 Å². The Morgan fingerprint density at radius 3 is 2.74 bits per heavy atom. The van der Waals surface area contributed by atoms with E-state index < -0.39 is 0 Å². The van der Waals surface area contributed by atoms with Crippen molar-refractivity contribution < 1.29 is 9.32 Å². The van der Waals surface area contributed by atoms with E-state index in [4.69, 9.17) is 4.52 Å². The number of nitrogens with zero attached hydrogens (tertiary/aromatic N) is 3. The molecule has 0 saturated carbocycles. The van der Waals surface area contributed by atoms with Crippen LogP contribution in [0.5, 0.6) is 0 Å². The highest BCUT2D eigenvalue weighted by Gasteiger charge is 2.35. The number of aromatic nitrogens is 2. The van der Waals surface area contributed by atoms with Gasteiger partial charge in [0.2, 0.25) is 0 Å². The Bertz CT molecular complexity index is 957. The number of benzene rings is 1. The molecule has 0 N–H and O–H groups in total. The van der Waals surface area contributed by atoms with Crippen LogP contribution in [0.4, 0.5) is 0 Å². The van der Waals surface area contributed by atoms with Crippen LogP contribution in [-0.2, 0) is 19.4 Å². The van der Waals surface area contributed by atoms with E-state index >= 15 is 0 Å². The molecular formula is C22H23N3O2. The average molecular weight is 361 g/mol. The first kappa shape index (κ1) is 16.4. The van der Waals surface area contributed by atoms with Crippen molar-refractivity contribution in [1.82, 2.24) is 14.6 Å². The van der Waals surface area contributed by atoms with Gasteiger partial charge in [0.25, 0.3) is 5.91 Å². The Morgan fingerprint density at radius 1 is 1.00 bits per heavy atom. The zero-order valence-corrected chi connectivity index (χ0v) is 15.3. The summed E-state index contributed by atoms with van der Waals surface area (Å²) in [7, 11) is 0. The Hall–Kier alpha value is -2.82. The van der Waals surface area contributed by atoms with E-state index in [0.717, 1.165) is 54.8 Å². The van der Waals surface area contributed by atoms with Crippen LogP contribution in [0, 0.1) is 0 Å². The van der Waals surface area contributed by atoms with Crippen LogP contribution in [0.1, 0.15) is 58.4 Å². The maximum Gasteiger partial charge on any atom is 0.277 e. The molecule has 27 heavy (non-hydrogen) atoms. The molecule has 3 heterocycles. The molecule has 1 aromatic carbocycles. The van der Waals surface area contributed by atoms with Gasteiger partial charge >= 0.3 is 0 Å². The second-order valence-electron chi connectivity index (χ2n) is 7.43. The minimum Gasteiger partial charge on any atom is -0.360 e. The number of rotatable bonds is 2. The third-order valence-corrected chi connectivity index (χ3v) is 5.82. The molecule has 5 nitrogen and oxygen atoms in total. The van der Waals surface area contributed by atoms with Crippen molar-refractivity contribution in [1.29, 1.82) is 0 Å². The number of fused-ring (bicyclic) bond motifs is 2. The SMILES string of the molecule is O=C(c1noc2c1CCCCC2)N1CCn2cccc2C1c1ccccc1. The number of carbonyl (C=O) groups is 1. The maximum atomic E-state index is 13.6. The normalized spacial score (nSPS) is 19.3. The Morgan fingerprint density at radius 2 is 1.85 bits per heavy atom. The van der Waals surface area contributed by atoms with Crippen LogP contribution < -0.4 is 0 Å². The van der Waals surface area contributed by atoms with Crippen LogP contribution in [0.3, 0.4) is 0 Å². The molecule has 2 aliphatic rings. The largest absolute Gasteiger partial charge is 0.360 e. The summed E-state index contributed by atoms with van der Waals surface area (Å²) in [6, 6.07) is 14.3. The lowest BCUT2D eigenvalue weighted by atomic mass is 9.98. The lowest BCUT2D eigenvalue weighted by molar-refractivity contribution is 0.0652. The molecule has 1 atom stereocenters. The second-order valence-corrected chi connectivity index (χ2v) is 7.43. The molecule has 3 aromatic rings. The molecule has 0 fully saturated rings. The van der Waals surface area contributed by atoms with Crippen molar-refractivity contribution in [3.8, 4) is 0 Å². The highest BCUT2D eigenvalue weighted by Crippen LogP contribution is 2.34. The molecule has 2 aromatic heterocycles. The zero-order chi connectivity index (χ0) is 18.2. The fourth-order valence-corrected chi connectivity index (χ4v) is 4.45. The zero-order valence-electron chi connectivity index (χ0n) is 15.3. The maximum absolute atomic E-state index is 13.6. The van der Waals surface area contributed by atoms with Gasteiger partial charge in [0, 0.05) is 37.0 Å². The van der Waals surface area contributed by atoms with E-state index in [-0.39, 0.29) is 11.9 Å². The summed E-state index contributed by atoms with van der Waals surface area (Å²) in [5.74, 6) is 0.899. The van der Waals surface area contributed by atoms with Crippen LogP contribution in [0.2, 0.25) is 0 Å². The summed E-state index contributed by atoms with van der Waals surface area (Å²) in [4.78, 5) is 15.5. The molecule has 138 valence electrons. The fraction of sp³-hybridized carbons (Fsp3) is 0.364. The van der Waals surface area contributed by atoms with Crippen molar-refractivity contribution in [3.63, 3.8) is 0 Å². The standard InChI is InChI=1S/C22H23N3O2/c26-22(20-17-10-5-2-6-12-19(17)27-23-20)25-15-14-24-13-7-11-18(24)21(25)16-8-3-1-4-9-16/h1,3-4,7-9,11,13,21H,2,5-6,10,12,14-15H2. The van der Waals surface area contributed by atoms with Crippen molar-refractivity contribution in [2.45, 2.75) is 44.7 Å². The molecule has 1 unspecified atom stereocenters. The van der Waals surface area contributed by atoms with E-state index in [1.807, 2.05) is 23.1 Å². The van der Waals surface area contributed by atoms with Crippen molar-refractivity contribution in [2.24, 2.45) is 0 Å². The van der Waals surface area contributed by atoms with Gasteiger partial charge in [-0.3, -0.25) is 4.79 Å². The summed E-state index contributed by atoms with van der Waals surface area (Å²) < 4.78 is 7.81. The van der Waals surface area contributed by atoms with E-state index in [1.54, 1.807) is 0 Å². The van der Waals surface area contributed by atoms with Crippen LogP contribution >= 0.6 is 0 Å². The van der Waals surface area contributed by atoms with Gasteiger partial charge in [-0.2, -0.15) is 0 Å². The second kappa shape index (κ2) is 6.72. The molecule has 5 heteroatoms. The predicted molar refractivity (Wildman–Crippen MR) is 102 cm³/mol. The number of hydrogen-bond donors (Lipinski definition) is 0. The van der Waals surface area contributed by atoms with E-state index in [1.165, 1.54) is 6.42 Å². The molecule has 1 amide bonds. The van der Waals surface area contributed by atoms with Crippen molar-refractivity contribution in [3.05, 3.63) is 76.9 Å². The molecule has 5 rings (SSSR count). The van der Waals surface area contributed by atoms with Gasteiger partial charge in [-0.15, -0.1) is 0 Å². The summed E-state index contributed by atoms with van der Waals surface area (Å²) in [5, 5.41) is 4.21. The molecule has 0 bridgehead atoms. The molecule has 0 saturated heterocycles. The Balaban J connectivity index is 1.56. The quantitative estimate of drug-likeness (QED) is 0.649. The predicted octanol–water partition coefficient (Wildman–Crippen LogP) is 3.99. The topological polar surface area (TPSA) is 51.3 Å². The Kier molecular flexibility index (Phi) is 4.07. The number of aryl methyl sites for hydroxylation is 1. The molecule has 1 aliphatic carbocycles. The lowest BCUT2D eigenvalue weighted by Gasteiger charge is -2.37. The third-order valence-electron chi connectivity index (χ3n) is 5.82. The molecule has 0 spiro atoms. The highest BCUT2D eigenvalue weighted by atomic mass is 16.5. The van der Waals surface area contributed by atoms with Gasteiger partial charge in [-0.25, -0.2) is 0 Å². The van der Waals surface area contributed by atoms with Crippen LogP contribution in [-0.4, -0.2) is 27.1 Å². The minimum atomic E-state index is -0.0967. The minimum absolute atomic E-state index is 0.0109. The number of hydrogen-bond acceptors (Lipinski definition) is 3. The molecule has 1 aliphatic heterocycles. The van der Waals surface area contributed by atoms with Crippen LogP contribution in [0.15, 0.2) is 53.2 Å². The molecular weight excluding hydrogens is 338 g/mol. The van der Waals surface area contributed by atoms with Crippen molar-refractivity contribution in [2.75, 3.05) is 6.54 Å². The third kappa shape index (κ3) is 2.78. The summed E-state index contributed by atoms with van der Waals surface area (Å²) in [5.41, 5.74) is 3.83. The van der Waals surface area contributed by atoms with Gasteiger partial charge < -0.3 is 14.0 Å². The summed E-state index contributed by atoms with van der Waals surface area (Å²) >= 11 is 0. The number of amides is 1. The van der Waals surface area contributed by atoms with Gasteiger partial charge in [0.05, 0.1) is 6.04 Å². The van der Waals surface area contributed by atoms with Gasteiger partial charge in [-0.1, -0.05) is 41.9 Å². The summed E-state index contributed by atoms with van der Waals surface area (Å²) in [6.07, 6.45) is 7.26. The average Bonchev–Trinajstić information content (AvgIpc) is 3.28. The van der Waals surface area contributed by atoms with Gasteiger partial charge in [-0.05, 0) is 37.0 Å². The first-order valence-corrected chi connectivity index (χ1v) is 9.81. The van der Waals surface area contributed by atoms with Gasteiger partial charge in [0.15, 0.2) is 5.69 Å². The highest BCUT2D eigenvalue weighted by molar-refractivity contribution is 5.94. The van der Waals surface area contributed by atoms with Gasteiger partial charge in [0.1, 0.15) is 5.76 Å². The van der Waals surface area contributed by atoms with E-state index in [2.05, 4.69) is 40.2 Å². The molecule has 0 radical (unpaired) electrons. The monoisotopic (exact) mass is 361 g/mol. The van der Waals surface area contributed by atoms with Crippen molar-refractivity contribution >= 4 is 5.91 Å². The smallest absolute Gasteiger partial charge is 0.277 e. The lowest BCUT2D eigenvalue weighted by Crippen LogP contribution is -2.42.